The highest BCUT2D eigenvalue weighted by Gasteiger charge is 2.45. The van der Waals surface area contributed by atoms with Crippen LogP contribution in [0, 0.1) is 0 Å². The number of hydrogen-bond acceptors (Lipinski definition) is 4. The number of carbonyl (C=O) groups is 2. The number of hydrogen-bond donors (Lipinski definition) is 2. The first-order chi connectivity index (χ1) is 13.9. The number of nitrogens with zero attached hydrogens (tertiary/aromatic N) is 1. The van der Waals surface area contributed by atoms with Gasteiger partial charge in [-0.2, -0.15) is 0 Å². The Hall–Kier alpha value is -2.23. The third-order valence-electron chi connectivity index (χ3n) is 4.70. The van der Waals surface area contributed by atoms with E-state index < -0.39 is 16.9 Å². The van der Waals surface area contributed by atoms with Crippen LogP contribution in [0.3, 0.4) is 0 Å². The first kappa shape index (κ1) is 22.5. The summed E-state index contributed by atoms with van der Waals surface area (Å²) in [6.07, 6.45) is 0. The molecule has 0 aliphatic carbocycles. The second kappa shape index (κ2) is 8.13. The van der Waals surface area contributed by atoms with Gasteiger partial charge in [0.1, 0.15) is 5.75 Å². The molecule has 2 amide bonds. The fraction of sp³-hybridized carbons (Fsp3) is 0.300. The van der Waals surface area contributed by atoms with Crippen LogP contribution in [0.1, 0.15) is 29.8 Å². The number of amides is 2. The lowest BCUT2D eigenvalue weighted by atomic mass is 9.86. The molecule has 160 valence electrons. The fourth-order valence-electron chi connectivity index (χ4n) is 3.37. The highest BCUT2D eigenvalue weighted by Crippen LogP contribution is 2.46. The smallest absolute Gasteiger partial charge is 0.420 e. The SMILES string of the molecule is CC1(C)C(=O)N(CCO)c2cc(C(=O)Nc3ccc(OC(F)(F)Cl)cc3)cc(Br)c21. The molecule has 1 aliphatic heterocycles. The first-order valence-corrected chi connectivity index (χ1v) is 10.0. The van der Waals surface area contributed by atoms with Gasteiger partial charge in [-0.3, -0.25) is 9.59 Å². The summed E-state index contributed by atoms with van der Waals surface area (Å²) < 4.78 is 30.2. The van der Waals surface area contributed by atoms with Gasteiger partial charge in [0.25, 0.3) is 5.91 Å². The second-order valence-corrected chi connectivity index (χ2v) is 8.48. The van der Waals surface area contributed by atoms with E-state index in [2.05, 4.69) is 26.0 Å². The van der Waals surface area contributed by atoms with Gasteiger partial charge < -0.3 is 20.1 Å². The predicted molar refractivity (Wildman–Crippen MR) is 112 cm³/mol. The van der Waals surface area contributed by atoms with Crippen LogP contribution in [0.15, 0.2) is 40.9 Å². The number of β-amino-alcohol motifs (C(OH)–C–C–N with tert-alkyl or cyclic N) is 1. The van der Waals surface area contributed by atoms with Gasteiger partial charge in [-0.05, 0) is 50.2 Å². The zero-order valence-corrected chi connectivity index (χ0v) is 18.4. The molecule has 2 aromatic rings. The van der Waals surface area contributed by atoms with Crippen LogP contribution in [0.25, 0.3) is 0 Å². The van der Waals surface area contributed by atoms with Crippen molar-refractivity contribution >= 4 is 50.7 Å². The van der Waals surface area contributed by atoms with Gasteiger partial charge in [0.2, 0.25) is 5.91 Å². The van der Waals surface area contributed by atoms with E-state index in [4.69, 9.17) is 11.6 Å². The number of fused-ring (bicyclic) bond motifs is 1. The van der Waals surface area contributed by atoms with Crippen molar-refractivity contribution in [1.82, 2.24) is 0 Å². The zero-order valence-electron chi connectivity index (χ0n) is 16.0. The number of rotatable bonds is 6. The van der Waals surface area contributed by atoms with E-state index in [1.54, 1.807) is 26.0 Å². The Bertz CT molecular complexity index is 994. The van der Waals surface area contributed by atoms with Gasteiger partial charge in [-0.15, -0.1) is 8.78 Å². The average Bonchev–Trinajstić information content (AvgIpc) is 2.83. The van der Waals surface area contributed by atoms with Crippen LogP contribution in [0.4, 0.5) is 20.2 Å². The summed E-state index contributed by atoms with van der Waals surface area (Å²) >= 11 is 8.17. The van der Waals surface area contributed by atoms with E-state index in [-0.39, 0.29) is 30.4 Å². The van der Waals surface area contributed by atoms with Gasteiger partial charge in [0.15, 0.2) is 0 Å². The lowest BCUT2D eigenvalue weighted by Gasteiger charge is -2.19. The van der Waals surface area contributed by atoms with Crippen molar-refractivity contribution in [2.75, 3.05) is 23.4 Å². The molecule has 0 unspecified atom stereocenters. The van der Waals surface area contributed by atoms with E-state index in [1.165, 1.54) is 29.2 Å². The van der Waals surface area contributed by atoms with Crippen molar-refractivity contribution in [3.8, 4) is 5.75 Å². The molecule has 0 aromatic heterocycles. The molecule has 0 spiro atoms. The number of carbonyl (C=O) groups excluding carboxylic acids is 2. The molecule has 0 fully saturated rings. The Kier molecular flexibility index (Phi) is 6.08. The second-order valence-electron chi connectivity index (χ2n) is 7.18. The van der Waals surface area contributed by atoms with Crippen molar-refractivity contribution in [3.63, 3.8) is 0 Å². The Morgan fingerprint density at radius 2 is 1.93 bits per heavy atom. The fourth-order valence-corrected chi connectivity index (χ4v) is 4.41. The van der Waals surface area contributed by atoms with Crippen molar-refractivity contribution in [2.24, 2.45) is 0 Å². The number of aliphatic hydroxyl groups is 1. The van der Waals surface area contributed by atoms with Crippen molar-refractivity contribution in [3.05, 3.63) is 52.0 Å². The molecule has 6 nitrogen and oxygen atoms in total. The van der Waals surface area contributed by atoms with Gasteiger partial charge in [-0.1, -0.05) is 15.9 Å². The maximum Gasteiger partial charge on any atom is 0.487 e. The first-order valence-electron chi connectivity index (χ1n) is 8.88. The number of alkyl halides is 3. The minimum Gasteiger partial charge on any atom is -0.420 e. The third kappa shape index (κ3) is 4.43. The molecule has 2 N–H and O–H groups in total. The van der Waals surface area contributed by atoms with E-state index >= 15 is 0 Å². The molecule has 2 aromatic carbocycles. The molecule has 0 saturated carbocycles. The number of ether oxygens (including phenoxy) is 1. The van der Waals surface area contributed by atoms with Crippen LogP contribution < -0.4 is 15.0 Å². The Morgan fingerprint density at radius 1 is 1.30 bits per heavy atom. The minimum absolute atomic E-state index is 0.111. The van der Waals surface area contributed by atoms with Crippen molar-refractivity contribution < 1.29 is 28.2 Å². The Labute approximate surface area is 184 Å². The molecule has 1 heterocycles. The van der Waals surface area contributed by atoms with Gasteiger partial charge in [-0.25, -0.2) is 0 Å². The molecule has 0 atom stereocenters. The molecule has 0 saturated heterocycles. The van der Waals surface area contributed by atoms with Gasteiger partial charge in [0.05, 0.1) is 12.0 Å². The number of halogens is 4. The average molecular weight is 504 g/mol. The maximum atomic E-state index is 12.7. The van der Waals surface area contributed by atoms with E-state index in [0.29, 0.717) is 15.8 Å². The normalized spacial score (nSPS) is 15.2. The summed E-state index contributed by atoms with van der Waals surface area (Å²) in [4.78, 5) is 26.9. The van der Waals surface area contributed by atoms with Crippen LogP contribution in [-0.2, 0) is 10.2 Å². The topological polar surface area (TPSA) is 78.9 Å². The summed E-state index contributed by atoms with van der Waals surface area (Å²) in [5, 5.41) is 12.0. The molecule has 10 heteroatoms. The third-order valence-corrected chi connectivity index (χ3v) is 5.40. The minimum atomic E-state index is -3.83. The van der Waals surface area contributed by atoms with Gasteiger partial charge >= 0.3 is 5.57 Å². The summed E-state index contributed by atoms with van der Waals surface area (Å²) in [6, 6.07) is 8.47. The summed E-state index contributed by atoms with van der Waals surface area (Å²) in [6.45, 7) is 3.46. The van der Waals surface area contributed by atoms with Crippen molar-refractivity contribution in [2.45, 2.75) is 24.8 Å². The lowest BCUT2D eigenvalue weighted by Crippen LogP contribution is -2.37. The van der Waals surface area contributed by atoms with Crippen LogP contribution >= 0.6 is 27.5 Å². The number of nitrogens with one attached hydrogen (secondary N) is 1. The molecule has 30 heavy (non-hydrogen) atoms. The zero-order chi connectivity index (χ0) is 22.3. The maximum absolute atomic E-state index is 12.7. The monoisotopic (exact) mass is 502 g/mol. The van der Waals surface area contributed by atoms with Crippen LogP contribution in [0.2, 0.25) is 0 Å². The quantitative estimate of drug-likeness (QED) is 0.570. The van der Waals surface area contributed by atoms with Crippen molar-refractivity contribution in [1.29, 1.82) is 0 Å². The number of anilines is 2. The lowest BCUT2D eigenvalue weighted by molar-refractivity contribution is -0.122. The molecule has 0 bridgehead atoms. The Balaban J connectivity index is 1.86. The highest BCUT2D eigenvalue weighted by molar-refractivity contribution is 9.10. The highest BCUT2D eigenvalue weighted by atomic mass is 79.9. The van der Waals surface area contributed by atoms with Crippen LogP contribution in [-0.4, -0.2) is 35.6 Å². The number of aliphatic hydroxyl groups excluding tert-OH is 1. The Morgan fingerprint density at radius 3 is 2.50 bits per heavy atom. The molecular weight excluding hydrogens is 486 g/mol. The summed E-state index contributed by atoms with van der Waals surface area (Å²) in [5.74, 6) is -0.791. The molecule has 1 aliphatic rings. The summed E-state index contributed by atoms with van der Waals surface area (Å²) in [5.41, 5.74) is -2.72. The molecule has 0 radical (unpaired) electrons. The largest absolute Gasteiger partial charge is 0.487 e. The molecule has 3 rings (SSSR count). The van der Waals surface area contributed by atoms with E-state index in [0.717, 1.165) is 5.56 Å². The van der Waals surface area contributed by atoms with Gasteiger partial charge in [0, 0.05) is 45.1 Å². The van der Waals surface area contributed by atoms with Crippen LogP contribution in [0.5, 0.6) is 5.75 Å². The standard InChI is InChI=1S/C20H18BrClF2N2O4/c1-19(2)16-14(21)9-11(10-15(16)26(7-8-27)18(19)29)17(28)25-12-3-5-13(6-4-12)30-20(22,23)24/h3-6,9-10,27H,7-8H2,1-2H3,(H,25,28). The predicted octanol–water partition coefficient (Wildman–Crippen LogP) is 4.49. The molecular formula is C20H18BrClF2N2O4. The number of benzene rings is 2. The van der Waals surface area contributed by atoms with E-state index in [1.807, 2.05) is 0 Å². The summed E-state index contributed by atoms with van der Waals surface area (Å²) in [7, 11) is 0. The van der Waals surface area contributed by atoms with E-state index in [9.17, 15) is 23.5 Å².